The molecule has 8 rings (SSSR count). The van der Waals surface area contributed by atoms with Crippen LogP contribution in [-0.2, 0) is 17.8 Å². The number of anilines is 1. The molecule has 46 heavy (non-hydrogen) atoms. The number of carbonyl (C=O) groups excluding carboxylic acids is 2. The molecule has 0 spiro atoms. The van der Waals surface area contributed by atoms with Crippen molar-refractivity contribution in [2.75, 3.05) is 5.32 Å². The van der Waals surface area contributed by atoms with Crippen LogP contribution < -0.4 is 40.0 Å². The van der Waals surface area contributed by atoms with E-state index in [1.807, 2.05) is 36.4 Å². The number of carboxylic acids is 1. The van der Waals surface area contributed by atoms with Gasteiger partial charge in [0.15, 0.2) is 0 Å². The van der Waals surface area contributed by atoms with Crippen LogP contribution in [0.3, 0.4) is 0 Å². The Morgan fingerprint density at radius 1 is 0.913 bits per heavy atom. The number of fused-ring (bicyclic) bond motifs is 1. The van der Waals surface area contributed by atoms with Crippen LogP contribution in [0.5, 0.6) is 0 Å². The molecule has 1 N–H and O–H groups in total. The van der Waals surface area contributed by atoms with Crippen molar-refractivity contribution in [2.24, 2.45) is 22.2 Å². The number of hydrogen-bond acceptors (Lipinski definition) is 3. The van der Waals surface area contributed by atoms with Crippen LogP contribution in [0.25, 0.3) is 22.0 Å². The zero-order chi connectivity index (χ0) is 31.6. The third-order valence-electron chi connectivity index (χ3n) is 10.9. The van der Waals surface area contributed by atoms with Crippen molar-refractivity contribution in [3.63, 3.8) is 0 Å². The van der Waals surface area contributed by atoms with Gasteiger partial charge in [-0.2, -0.15) is 0 Å². The number of aromatic nitrogens is 1. The van der Waals surface area contributed by atoms with Crippen molar-refractivity contribution >= 4 is 40.1 Å². The molecule has 2 atom stereocenters. The number of halogens is 1. The summed E-state index contributed by atoms with van der Waals surface area (Å²) in [5.74, 6) is -0.808. The van der Waals surface area contributed by atoms with E-state index in [1.165, 1.54) is 18.4 Å². The standard InChI is InChI=1S/C39H43ClN2O3.Na/c1-4-5-7-25-10-12-28(13-11-25)29-14-15-31-32(17-29)42(21-26-8-6-9-30(40)16-26)34(35(43)44)33(31)41-36(45)39-20-27-18-37(2,23-39)22-38(3,19-27)24-39;/h6,8-17,27H,4-5,7,18-24H2,1-3H3,(H,41,45)(H,43,44);/q;+1/p-1. The van der Waals surface area contributed by atoms with Gasteiger partial charge in [-0.15, -0.1) is 0 Å². The summed E-state index contributed by atoms with van der Waals surface area (Å²) >= 11 is 6.33. The Labute approximate surface area is 299 Å². The van der Waals surface area contributed by atoms with Crippen molar-refractivity contribution < 1.29 is 44.3 Å². The van der Waals surface area contributed by atoms with E-state index in [2.05, 4.69) is 50.4 Å². The van der Waals surface area contributed by atoms with Gasteiger partial charge < -0.3 is 19.8 Å². The van der Waals surface area contributed by atoms with E-state index in [4.69, 9.17) is 11.6 Å². The van der Waals surface area contributed by atoms with E-state index < -0.39 is 11.4 Å². The summed E-state index contributed by atoms with van der Waals surface area (Å²) < 4.78 is 1.77. The topological polar surface area (TPSA) is 74.2 Å². The third-order valence-corrected chi connectivity index (χ3v) is 11.2. The molecule has 4 saturated carbocycles. The molecule has 0 saturated heterocycles. The van der Waals surface area contributed by atoms with Crippen molar-refractivity contribution in [3.8, 4) is 11.1 Å². The molecule has 4 bridgehead atoms. The fourth-order valence-corrected chi connectivity index (χ4v) is 10.3. The number of carboxylic acid groups (broad SMARTS) is 1. The quantitative estimate of drug-likeness (QED) is 0.239. The van der Waals surface area contributed by atoms with Crippen molar-refractivity contribution in [3.05, 3.63) is 88.6 Å². The maximum absolute atomic E-state index is 14.4. The Balaban J connectivity index is 0.00000372. The summed E-state index contributed by atoms with van der Waals surface area (Å²) in [6.45, 7) is 7.17. The molecule has 5 nitrogen and oxygen atoms in total. The minimum Gasteiger partial charge on any atom is -0.543 e. The van der Waals surface area contributed by atoms with Crippen molar-refractivity contribution in [2.45, 2.75) is 85.1 Å². The van der Waals surface area contributed by atoms with E-state index in [0.717, 1.165) is 67.2 Å². The van der Waals surface area contributed by atoms with Crippen molar-refractivity contribution in [1.82, 2.24) is 4.57 Å². The van der Waals surface area contributed by atoms with Gasteiger partial charge in [0.2, 0.25) is 5.91 Å². The molecule has 4 fully saturated rings. The number of amides is 1. The fraction of sp³-hybridized carbons (Fsp3) is 0.436. The largest absolute Gasteiger partial charge is 1.00 e. The maximum Gasteiger partial charge on any atom is 1.00 e. The Hall–Kier alpha value is -2.57. The number of aromatic carboxylic acids is 1. The molecule has 234 valence electrons. The molecule has 1 amide bonds. The first-order valence-electron chi connectivity index (χ1n) is 16.5. The summed E-state index contributed by atoms with van der Waals surface area (Å²) in [6, 6.07) is 22.1. The van der Waals surface area contributed by atoms with Crippen LogP contribution in [0.1, 0.15) is 93.8 Å². The second kappa shape index (κ2) is 12.5. The number of hydrogen-bond donors (Lipinski definition) is 1. The average Bonchev–Trinajstić information content (AvgIpc) is 3.26. The van der Waals surface area contributed by atoms with E-state index in [-0.39, 0.29) is 58.5 Å². The fourth-order valence-electron chi connectivity index (χ4n) is 10.0. The van der Waals surface area contributed by atoms with Gasteiger partial charge in [-0.1, -0.05) is 87.3 Å². The number of aryl methyl sites for hydroxylation is 1. The summed E-state index contributed by atoms with van der Waals surface area (Å²) in [5, 5.41) is 17.5. The summed E-state index contributed by atoms with van der Waals surface area (Å²) in [4.78, 5) is 27.4. The van der Waals surface area contributed by atoms with Crippen LogP contribution in [0.2, 0.25) is 5.02 Å². The molecule has 0 aliphatic heterocycles. The molecular formula is C39H42ClN2NaO3. The number of unbranched alkanes of at least 4 members (excludes halogenated alkanes) is 1. The molecule has 7 heteroatoms. The monoisotopic (exact) mass is 644 g/mol. The normalized spacial score (nSPS) is 26.2. The van der Waals surface area contributed by atoms with Gasteiger partial charge in [0.05, 0.1) is 28.3 Å². The van der Waals surface area contributed by atoms with E-state index >= 15 is 0 Å². The Morgan fingerprint density at radius 3 is 2.24 bits per heavy atom. The average molecular weight is 645 g/mol. The minimum absolute atomic E-state index is 0. The third kappa shape index (κ3) is 6.09. The predicted octanol–water partition coefficient (Wildman–Crippen LogP) is 5.66. The Kier molecular flexibility index (Phi) is 9.03. The second-order valence-corrected chi connectivity index (χ2v) is 15.6. The molecule has 4 aliphatic rings. The van der Waals surface area contributed by atoms with Crippen LogP contribution in [-0.4, -0.2) is 16.4 Å². The van der Waals surface area contributed by atoms with Crippen molar-refractivity contribution in [1.29, 1.82) is 0 Å². The number of benzene rings is 3. The van der Waals surface area contributed by atoms with Crippen LogP contribution in [0, 0.1) is 22.2 Å². The molecule has 2 unspecified atom stereocenters. The molecule has 4 aliphatic carbocycles. The van der Waals surface area contributed by atoms with Gasteiger partial charge in [-0.3, -0.25) is 4.79 Å². The van der Waals surface area contributed by atoms with Gasteiger partial charge in [0.25, 0.3) is 0 Å². The molecule has 3 aromatic carbocycles. The first-order valence-corrected chi connectivity index (χ1v) is 16.9. The van der Waals surface area contributed by atoms with E-state index in [9.17, 15) is 14.7 Å². The van der Waals surface area contributed by atoms with Gasteiger partial charge in [-0.25, -0.2) is 0 Å². The molecule has 0 radical (unpaired) electrons. The zero-order valence-electron chi connectivity index (χ0n) is 27.5. The first-order chi connectivity index (χ1) is 21.5. The number of nitrogens with zero attached hydrogens (tertiary/aromatic N) is 1. The number of carbonyl (C=O) groups is 2. The molecule has 1 aromatic heterocycles. The summed E-state index contributed by atoms with van der Waals surface area (Å²) in [5.41, 5.74) is 5.12. The van der Waals surface area contributed by atoms with Gasteiger partial charge in [-0.05, 0) is 109 Å². The van der Waals surface area contributed by atoms with Crippen LogP contribution in [0.4, 0.5) is 5.69 Å². The predicted molar refractivity (Wildman–Crippen MR) is 179 cm³/mol. The summed E-state index contributed by atoms with van der Waals surface area (Å²) in [6.07, 6.45) is 9.49. The Bertz CT molecular complexity index is 1790. The molecular weight excluding hydrogens is 603 g/mol. The SMILES string of the molecule is CCCCc1ccc(-c2ccc3c(NC(=O)C45CC6CC(C)(CC(C)(C6)C4)C5)c(C(=O)[O-])n(Cc4cccc(Cl)c4)c3c2)cc1.[Na+]. The van der Waals surface area contributed by atoms with Crippen LogP contribution in [0.15, 0.2) is 66.7 Å². The number of rotatable bonds is 9. The van der Waals surface area contributed by atoms with Gasteiger partial charge in [0.1, 0.15) is 0 Å². The maximum atomic E-state index is 14.4. The first kappa shape index (κ1) is 33.3. The number of nitrogens with one attached hydrogen (secondary N) is 1. The Morgan fingerprint density at radius 2 is 1.61 bits per heavy atom. The van der Waals surface area contributed by atoms with Gasteiger partial charge >= 0.3 is 29.6 Å². The van der Waals surface area contributed by atoms with E-state index in [1.54, 1.807) is 10.6 Å². The minimum atomic E-state index is -1.31. The molecule has 1 heterocycles. The van der Waals surface area contributed by atoms with E-state index in [0.29, 0.717) is 22.0 Å². The zero-order valence-corrected chi connectivity index (χ0v) is 30.3. The molecule has 4 aromatic rings. The smallest absolute Gasteiger partial charge is 0.543 e. The summed E-state index contributed by atoms with van der Waals surface area (Å²) in [7, 11) is 0. The van der Waals surface area contributed by atoms with Gasteiger partial charge in [0, 0.05) is 17.0 Å². The van der Waals surface area contributed by atoms with Crippen LogP contribution >= 0.6 is 11.6 Å². The second-order valence-electron chi connectivity index (χ2n) is 15.1.